The molecule has 0 radical (unpaired) electrons. The maximum Gasteiger partial charge on any atom is 0.414 e. The Hall–Kier alpha value is -2.77. The number of halogens is 2. The summed E-state index contributed by atoms with van der Waals surface area (Å²) in [5.74, 6) is -7.18. The van der Waals surface area contributed by atoms with Crippen LogP contribution < -0.4 is 0 Å². The number of carbonyl (C=O) groups excluding carboxylic acids is 3. The van der Waals surface area contributed by atoms with Crippen LogP contribution in [0.1, 0.15) is 40.0 Å². The Balaban J connectivity index is 2.20. The number of nitriles is 1. The van der Waals surface area contributed by atoms with Gasteiger partial charge in [-0.3, -0.25) is 14.4 Å². The van der Waals surface area contributed by atoms with E-state index in [1.165, 1.54) is 0 Å². The summed E-state index contributed by atoms with van der Waals surface area (Å²) in [5.41, 5.74) is -0.818. The molecular weight excluding hydrogens is 380 g/mol. The molecule has 3 atom stereocenters. The summed E-state index contributed by atoms with van der Waals surface area (Å²) in [6, 6.07) is -1.39. The number of hydrogen-bond donors (Lipinski definition) is 1. The van der Waals surface area contributed by atoms with Gasteiger partial charge in [0.1, 0.15) is 17.7 Å². The van der Waals surface area contributed by atoms with Crippen LogP contribution in [0.2, 0.25) is 0 Å². The maximum atomic E-state index is 13.6. The van der Waals surface area contributed by atoms with E-state index >= 15 is 0 Å². The normalized spacial score (nSPS) is 26.9. The van der Waals surface area contributed by atoms with Crippen molar-refractivity contribution in [1.29, 1.82) is 5.26 Å². The molecule has 0 saturated carbocycles. The van der Waals surface area contributed by atoms with Gasteiger partial charge in [-0.15, -0.1) is 0 Å². The predicted molar refractivity (Wildman–Crippen MR) is 87.9 cm³/mol. The fourth-order valence-corrected chi connectivity index (χ4v) is 3.38. The Morgan fingerprint density at radius 2 is 1.96 bits per heavy atom. The van der Waals surface area contributed by atoms with Gasteiger partial charge in [0.15, 0.2) is 0 Å². The van der Waals surface area contributed by atoms with Gasteiger partial charge in [0, 0.05) is 6.42 Å². The molecule has 9 nitrogen and oxygen atoms in total. The number of likely N-dealkylation sites (tertiary alicyclic amines) is 2. The van der Waals surface area contributed by atoms with E-state index in [0.29, 0.717) is 4.90 Å². The number of imide groups is 1. The molecule has 2 aliphatic rings. The molecule has 154 valence electrons. The summed E-state index contributed by atoms with van der Waals surface area (Å²) >= 11 is 0. The van der Waals surface area contributed by atoms with Crippen LogP contribution in [-0.4, -0.2) is 68.9 Å². The first kappa shape index (κ1) is 21.5. The third kappa shape index (κ3) is 4.55. The third-order valence-electron chi connectivity index (χ3n) is 4.43. The second-order valence-electron chi connectivity index (χ2n) is 7.90. The molecule has 0 aliphatic carbocycles. The number of carboxylic acid groups (broad SMARTS) is 1. The molecule has 1 N–H and O–H groups in total. The van der Waals surface area contributed by atoms with Gasteiger partial charge in [0.2, 0.25) is 11.8 Å². The van der Waals surface area contributed by atoms with E-state index in [9.17, 15) is 33.1 Å². The minimum Gasteiger partial charge on any atom is -0.465 e. The van der Waals surface area contributed by atoms with Crippen molar-refractivity contribution < 1.29 is 37.8 Å². The maximum absolute atomic E-state index is 13.6. The number of alkyl halides is 2. The van der Waals surface area contributed by atoms with Crippen LogP contribution in [-0.2, 0) is 19.1 Å². The van der Waals surface area contributed by atoms with Crippen molar-refractivity contribution in [2.24, 2.45) is 5.92 Å². The van der Waals surface area contributed by atoms with Gasteiger partial charge >= 0.3 is 12.1 Å². The zero-order valence-corrected chi connectivity index (χ0v) is 15.6. The molecule has 2 fully saturated rings. The number of amides is 3. The highest BCUT2D eigenvalue weighted by Gasteiger charge is 2.54. The van der Waals surface area contributed by atoms with Crippen LogP contribution >= 0.6 is 0 Å². The molecule has 1 unspecified atom stereocenters. The molecule has 0 spiro atoms. The lowest BCUT2D eigenvalue weighted by molar-refractivity contribution is -0.157. The van der Waals surface area contributed by atoms with Gasteiger partial charge in [0.05, 0.1) is 25.0 Å². The van der Waals surface area contributed by atoms with Crippen molar-refractivity contribution in [2.45, 2.75) is 63.6 Å². The lowest BCUT2D eigenvalue weighted by Crippen LogP contribution is -2.50. The summed E-state index contributed by atoms with van der Waals surface area (Å²) in [4.78, 5) is 49.4. The van der Waals surface area contributed by atoms with Crippen molar-refractivity contribution in [3.8, 4) is 6.07 Å². The molecule has 0 aromatic rings. The molecular formula is C17H21F2N3O6. The first-order chi connectivity index (χ1) is 12.8. The number of esters is 1. The van der Waals surface area contributed by atoms with Crippen molar-refractivity contribution in [3.63, 3.8) is 0 Å². The number of rotatable bonds is 3. The van der Waals surface area contributed by atoms with E-state index in [0.717, 1.165) is 0 Å². The Labute approximate surface area is 159 Å². The third-order valence-corrected chi connectivity index (χ3v) is 4.43. The average Bonchev–Trinajstić information content (AvgIpc) is 3.01. The van der Waals surface area contributed by atoms with Gasteiger partial charge in [-0.25, -0.2) is 18.5 Å². The van der Waals surface area contributed by atoms with Gasteiger partial charge < -0.3 is 14.7 Å². The van der Waals surface area contributed by atoms with Crippen molar-refractivity contribution in [1.82, 2.24) is 9.80 Å². The summed E-state index contributed by atoms with van der Waals surface area (Å²) < 4.78 is 32.3. The second-order valence-corrected chi connectivity index (χ2v) is 7.90. The second kappa shape index (κ2) is 7.33. The highest BCUT2D eigenvalue weighted by Crippen LogP contribution is 2.35. The molecule has 2 aliphatic heterocycles. The van der Waals surface area contributed by atoms with Crippen LogP contribution in [0, 0.1) is 17.2 Å². The summed E-state index contributed by atoms with van der Waals surface area (Å²) in [7, 11) is 0. The van der Waals surface area contributed by atoms with Crippen LogP contribution in [0.5, 0.6) is 0 Å². The van der Waals surface area contributed by atoms with E-state index in [-0.39, 0.29) is 11.3 Å². The Morgan fingerprint density at radius 1 is 1.36 bits per heavy atom. The monoisotopic (exact) mass is 401 g/mol. The van der Waals surface area contributed by atoms with Crippen LogP contribution in [0.15, 0.2) is 0 Å². The van der Waals surface area contributed by atoms with Gasteiger partial charge in [0.25, 0.3) is 5.92 Å². The topological polar surface area (TPSA) is 128 Å². The average molecular weight is 401 g/mol. The highest BCUT2D eigenvalue weighted by molar-refractivity contribution is 6.02. The number of hydrogen-bond acceptors (Lipinski definition) is 6. The van der Waals surface area contributed by atoms with E-state index in [2.05, 4.69) is 0 Å². The first-order valence-electron chi connectivity index (χ1n) is 8.61. The van der Waals surface area contributed by atoms with Crippen LogP contribution in [0.3, 0.4) is 0 Å². The zero-order chi connectivity index (χ0) is 21.4. The molecule has 11 heteroatoms. The fraction of sp³-hybridized carbons (Fsp3) is 0.706. The van der Waals surface area contributed by atoms with Crippen molar-refractivity contribution in [2.75, 3.05) is 6.54 Å². The molecule has 28 heavy (non-hydrogen) atoms. The molecule has 0 bridgehead atoms. The number of carbonyl (C=O) groups is 4. The number of nitrogens with zero attached hydrogens (tertiary/aromatic N) is 3. The van der Waals surface area contributed by atoms with Crippen LogP contribution in [0.25, 0.3) is 0 Å². The molecule has 2 rings (SSSR count). The van der Waals surface area contributed by atoms with E-state index in [1.807, 2.05) is 0 Å². The smallest absolute Gasteiger partial charge is 0.414 e. The van der Waals surface area contributed by atoms with Crippen molar-refractivity contribution in [3.05, 3.63) is 0 Å². The molecule has 0 aromatic carbocycles. The Kier molecular flexibility index (Phi) is 5.64. The Bertz CT molecular complexity index is 742. The fourth-order valence-electron chi connectivity index (χ4n) is 3.38. The lowest BCUT2D eigenvalue weighted by atomic mass is 10.0. The Morgan fingerprint density at radius 3 is 2.46 bits per heavy atom. The van der Waals surface area contributed by atoms with E-state index < -0.39 is 72.8 Å². The zero-order valence-electron chi connectivity index (χ0n) is 15.6. The molecule has 3 amide bonds. The van der Waals surface area contributed by atoms with E-state index in [4.69, 9.17) is 10.00 Å². The minimum atomic E-state index is -3.28. The molecule has 2 heterocycles. The summed E-state index contributed by atoms with van der Waals surface area (Å²) in [6.07, 6.45) is -3.37. The predicted octanol–water partition coefficient (Wildman–Crippen LogP) is 1.37. The van der Waals surface area contributed by atoms with Gasteiger partial charge in [-0.1, -0.05) is 0 Å². The quantitative estimate of drug-likeness (QED) is 0.707. The first-order valence-corrected chi connectivity index (χ1v) is 8.61. The van der Waals surface area contributed by atoms with Gasteiger partial charge in [-0.05, 0) is 27.2 Å². The number of ether oxygens (including phenoxy) is 1. The standard InChI is InChI=1S/C17H21F2N3O6/c1-16(2,3)28-12(23)5-9-4-11(22(13(9)24)15(26)27)14(25)21-8-17(18,19)6-10(21)7-20/h9-11H,4-6,8H2,1-3H3,(H,26,27)/t9-,10?,11-/m0/s1. The highest BCUT2D eigenvalue weighted by atomic mass is 19.3. The summed E-state index contributed by atoms with van der Waals surface area (Å²) in [5, 5.41) is 18.3. The van der Waals surface area contributed by atoms with Crippen LogP contribution in [0.4, 0.5) is 13.6 Å². The van der Waals surface area contributed by atoms with Crippen molar-refractivity contribution >= 4 is 23.9 Å². The van der Waals surface area contributed by atoms with Gasteiger partial charge in [-0.2, -0.15) is 5.26 Å². The lowest BCUT2D eigenvalue weighted by Gasteiger charge is -2.26. The largest absolute Gasteiger partial charge is 0.465 e. The summed E-state index contributed by atoms with van der Waals surface area (Å²) in [6.45, 7) is 3.82. The van der Waals surface area contributed by atoms with E-state index in [1.54, 1.807) is 26.8 Å². The molecule has 0 aromatic heterocycles. The SMILES string of the molecule is CC(C)(C)OC(=O)C[C@@H]1C[C@@H](C(=O)N2CC(F)(F)CC2C#N)N(C(=O)O)C1=O. The minimum absolute atomic E-state index is 0.252. The molecule has 2 saturated heterocycles.